The van der Waals surface area contributed by atoms with Crippen LogP contribution in [0.5, 0.6) is 0 Å². The minimum atomic E-state index is -0.990. The summed E-state index contributed by atoms with van der Waals surface area (Å²) >= 11 is 5.95. The summed E-state index contributed by atoms with van der Waals surface area (Å²) in [6.07, 6.45) is 2.03. The van der Waals surface area contributed by atoms with Gasteiger partial charge in [0.05, 0.1) is 5.56 Å². The summed E-state index contributed by atoms with van der Waals surface area (Å²) in [7, 11) is 0. The van der Waals surface area contributed by atoms with E-state index < -0.39 is 5.97 Å². The number of pyridine rings is 1. The van der Waals surface area contributed by atoms with Crippen LogP contribution in [0.25, 0.3) is 0 Å². The summed E-state index contributed by atoms with van der Waals surface area (Å²) < 4.78 is 0. The molecular weight excluding hydrogens is 288 g/mol. The quantitative estimate of drug-likeness (QED) is 0.864. The van der Waals surface area contributed by atoms with Crippen molar-refractivity contribution in [1.29, 1.82) is 0 Å². The lowest BCUT2D eigenvalue weighted by atomic mass is 10.0. The van der Waals surface area contributed by atoms with Gasteiger partial charge in [0.15, 0.2) is 0 Å². The third kappa shape index (κ3) is 3.00. The lowest BCUT2D eigenvalue weighted by molar-refractivity contribution is 0.0697. The highest BCUT2D eigenvalue weighted by Crippen LogP contribution is 2.24. The number of carboxylic acid groups (broad SMARTS) is 1. The van der Waals surface area contributed by atoms with Gasteiger partial charge in [-0.2, -0.15) is 0 Å². The molecule has 0 aliphatic carbocycles. The average molecular weight is 303 g/mol. The van der Waals surface area contributed by atoms with Gasteiger partial charge in [-0.3, -0.25) is 0 Å². The molecule has 4 nitrogen and oxygen atoms in total. The molecular formula is C16H15ClN2O2. The largest absolute Gasteiger partial charge is 0.478 e. The van der Waals surface area contributed by atoms with E-state index in [1.54, 1.807) is 6.07 Å². The van der Waals surface area contributed by atoms with Crippen LogP contribution in [-0.2, 0) is 13.0 Å². The van der Waals surface area contributed by atoms with E-state index in [1.165, 1.54) is 17.2 Å². The molecule has 2 heterocycles. The summed E-state index contributed by atoms with van der Waals surface area (Å²) in [5.74, 6) is -0.368. The number of rotatable bonds is 2. The van der Waals surface area contributed by atoms with Gasteiger partial charge in [0.1, 0.15) is 11.0 Å². The van der Waals surface area contributed by atoms with Gasteiger partial charge in [-0.1, -0.05) is 35.9 Å². The maximum Gasteiger partial charge on any atom is 0.335 e. The molecule has 1 N–H and O–H groups in total. The average Bonchev–Trinajstić information content (AvgIpc) is 2.68. The number of aromatic carboxylic acids is 1. The Morgan fingerprint density at radius 3 is 2.76 bits per heavy atom. The first-order valence-corrected chi connectivity index (χ1v) is 7.24. The van der Waals surface area contributed by atoms with E-state index in [0.717, 1.165) is 25.9 Å². The van der Waals surface area contributed by atoms with Crippen LogP contribution in [0.4, 0.5) is 5.82 Å². The second-order valence-corrected chi connectivity index (χ2v) is 5.52. The second kappa shape index (κ2) is 5.74. The van der Waals surface area contributed by atoms with Crippen molar-refractivity contribution in [2.75, 3.05) is 11.4 Å². The van der Waals surface area contributed by atoms with E-state index in [0.29, 0.717) is 5.82 Å². The number of halogens is 1. The van der Waals surface area contributed by atoms with Crippen molar-refractivity contribution in [3.8, 4) is 0 Å². The normalized spacial score (nSPS) is 14.4. The highest BCUT2D eigenvalue weighted by atomic mass is 35.5. The number of hydrogen-bond donors (Lipinski definition) is 1. The van der Waals surface area contributed by atoms with E-state index in [-0.39, 0.29) is 10.7 Å². The summed E-state index contributed by atoms with van der Waals surface area (Å²) in [5, 5.41) is 9.35. The van der Waals surface area contributed by atoms with E-state index in [1.807, 2.05) is 6.07 Å². The first kappa shape index (κ1) is 13.9. The number of anilines is 1. The molecule has 0 unspecified atom stereocenters. The van der Waals surface area contributed by atoms with Crippen molar-refractivity contribution in [1.82, 2.24) is 4.98 Å². The molecule has 1 aromatic carbocycles. The Bertz CT molecular complexity index is 688. The molecule has 21 heavy (non-hydrogen) atoms. The zero-order valence-corrected chi connectivity index (χ0v) is 12.2. The number of carbonyl (C=O) groups is 1. The Kier molecular flexibility index (Phi) is 3.80. The Balaban J connectivity index is 1.95. The van der Waals surface area contributed by atoms with Crippen LogP contribution in [0.2, 0.25) is 5.15 Å². The number of hydrogen-bond acceptors (Lipinski definition) is 3. The van der Waals surface area contributed by atoms with Crippen molar-refractivity contribution in [3.05, 3.63) is 58.2 Å². The number of carboxylic acids is 1. The molecule has 1 aliphatic rings. The third-order valence-electron chi connectivity index (χ3n) is 3.71. The van der Waals surface area contributed by atoms with Crippen LogP contribution in [0.15, 0.2) is 36.4 Å². The molecule has 0 spiro atoms. The highest BCUT2D eigenvalue weighted by molar-refractivity contribution is 6.29. The molecule has 3 rings (SSSR count). The molecule has 0 bridgehead atoms. The van der Waals surface area contributed by atoms with Gasteiger partial charge in [-0.15, -0.1) is 0 Å². The van der Waals surface area contributed by atoms with Crippen LogP contribution >= 0.6 is 11.6 Å². The second-order valence-electron chi connectivity index (χ2n) is 5.14. The van der Waals surface area contributed by atoms with Gasteiger partial charge in [0, 0.05) is 13.1 Å². The zero-order chi connectivity index (χ0) is 14.8. The molecule has 0 fully saturated rings. The number of aryl methyl sites for hydroxylation is 1. The zero-order valence-electron chi connectivity index (χ0n) is 11.4. The Labute approximate surface area is 128 Å². The molecule has 1 aromatic heterocycles. The Hall–Kier alpha value is -2.07. The van der Waals surface area contributed by atoms with Crippen molar-refractivity contribution in [2.24, 2.45) is 0 Å². The summed E-state index contributed by atoms with van der Waals surface area (Å²) in [6, 6.07) is 11.3. The number of fused-ring (bicyclic) bond motifs is 1. The van der Waals surface area contributed by atoms with E-state index in [4.69, 9.17) is 16.7 Å². The summed E-state index contributed by atoms with van der Waals surface area (Å²) in [4.78, 5) is 17.5. The molecule has 0 atom stereocenters. The molecule has 5 heteroatoms. The molecule has 0 saturated carbocycles. The van der Waals surface area contributed by atoms with Crippen molar-refractivity contribution in [2.45, 2.75) is 19.4 Å². The van der Waals surface area contributed by atoms with Gasteiger partial charge >= 0.3 is 5.97 Å². The Morgan fingerprint density at radius 2 is 2.00 bits per heavy atom. The van der Waals surface area contributed by atoms with Gasteiger partial charge in [-0.25, -0.2) is 9.78 Å². The monoisotopic (exact) mass is 302 g/mol. The van der Waals surface area contributed by atoms with Crippen LogP contribution in [-0.4, -0.2) is 22.6 Å². The molecule has 0 radical (unpaired) electrons. The van der Waals surface area contributed by atoms with Crippen LogP contribution in [0, 0.1) is 0 Å². The summed E-state index contributed by atoms with van der Waals surface area (Å²) in [6.45, 7) is 1.56. The van der Waals surface area contributed by atoms with Crippen LogP contribution in [0.3, 0.4) is 0 Å². The fourth-order valence-corrected chi connectivity index (χ4v) is 2.87. The van der Waals surface area contributed by atoms with Gasteiger partial charge in [-0.05, 0) is 36.1 Å². The first-order valence-electron chi connectivity index (χ1n) is 6.86. The van der Waals surface area contributed by atoms with Crippen molar-refractivity contribution < 1.29 is 9.90 Å². The van der Waals surface area contributed by atoms with Gasteiger partial charge in [0.25, 0.3) is 0 Å². The van der Waals surface area contributed by atoms with Crippen molar-refractivity contribution >= 4 is 23.4 Å². The molecule has 0 amide bonds. The maximum atomic E-state index is 11.1. The number of aromatic nitrogens is 1. The van der Waals surface area contributed by atoms with Gasteiger partial charge in [0.2, 0.25) is 0 Å². The molecule has 2 aromatic rings. The highest BCUT2D eigenvalue weighted by Gasteiger charge is 2.17. The van der Waals surface area contributed by atoms with Crippen molar-refractivity contribution in [3.63, 3.8) is 0 Å². The van der Waals surface area contributed by atoms with E-state index >= 15 is 0 Å². The number of benzene rings is 1. The topological polar surface area (TPSA) is 53.4 Å². The SMILES string of the molecule is O=C(O)c1cc(Cl)nc(N2CCCc3ccccc3C2)c1. The third-order valence-corrected chi connectivity index (χ3v) is 3.90. The lowest BCUT2D eigenvalue weighted by Gasteiger charge is -2.22. The van der Waals surface area contributed by atoms with Gasteiger partial charge < -0.3 is 10.0 Å². The minimum Gasteiger partial charge on any atom is -0.478 e. The fourth-order valence-electron chi connectivity index (χ4n) is 2.66. The molecule has 108 valence electrons. The molecule has 0 saturated heterocycles. The first-order chi connectivity index (χ1) is 10.1. The predicted octanol–water partition coefficient (Wildman–Crippen LogP) is 3.39. The lowest BCUT2D eigenvalue weighted by Crippen LogP contribution is -2.24. The minimum absolute atomic E-state index is 0.169. The molecule has 1 aliphatic heterocycles. The Morgan fingerprint density at radius 1 is 1.24 bits per heavy atom. The smallest absolute Gasteiger partial charge is 0.335 e. The maximum absolute atomic E-state index is 11.1. The van der Waals surface area contributed by atoms with Crippen LogP contribution in [0.1, 0.15) is 27.9 Å². The number of nitrogens with zero attached hydrogens (tertiary/aromatic N) is 2. The standard InChI is InChI=1S/C16H15ClN2O2/c17-14-8-13(16(20)21)9-15(18-14)19-7-3-6-11-4-1-2-5-12(11)10-19/h1-2,4-5,8-9H,3,6-7,10H2,(H,20,21). The predicted molar refractivity (Wildman–Crippen MR) is 82.0 cm³/mol. The van der Waals surface area contributed by atoms with Crippen LogP contribution < -0.4 is 4.90 Å². The van der Waals surface area contributed by atoms with E-state index in [9.17, 15) is 4.79 Å². The summed E-state index contributed by atoms with van der Waals surface area (Å²) in [5.41, 5.74) is 2.77. The fraction of sp³-hybridized carbons (Fsp3) is 0.250. The van der Waals surface area contributed by atoms with E-state index in [2.05, 4.69) is 28.1 Å².